The fraction of sp³-hybridized carbons (Fsp3) is 0.125. The number of hydrogen-bond donors (Lipinski definition) is 1. The Morgan fingerprint density at radius 3 is 2.70 bits per heavy atom. The molecule has 0 radical (unpaired) electrons. The van der Waals surface area contributed by atoms with Gasteiger partial charge in [-0.05, 0) is 17.5 Å². The summed E-state index contributed by atoms with van der Waals surface area (Å²) < 4.78 is 1.27. The van der Waals surface area contributed by atoms with Crippen LogP contribution in [0.1, 0.15) is 10.5 Å². The highest BCUT2D eigenvalue weighted by molar-refractivity contribution is 5.96. The molecule has 1 N–H and O–H groups in total. The minimum atomic E-state index is -0.416. The molecule has 0 aliphatic rings. The Balaban J connectivity index is 2.66. The van der Waals surface area contributed by atoms with Crippen LogP contribution in [0.3, 0.4) is 0 Å². The van der Waals surface area contributed by atoms with E-state index < -0.39 is 5.91 Å². The molecule has 0 atom stereocenters. The quantitative estimate of drug-likeness (QED) is 0.841. The minimum absolute atomic E-state index is 0.0302. The van der Waals surface area contributed by atoms with Gasteiger partial charge in [-0.15, -0.1) is 12.8 Å². The number of terminal acetylenes is 2. The molecule has 0 fully saturated rings. The molecule has 2 aromatic rings. The van der Waals surface area contributed by atoms with Crippen LogP contribution in [-0.2, 0) is 6.54 Å². The Morgan fingerprint density at radius 1 is 1.25 bits per heavy atom. The fourth-order valence-electron chi connectivity index (χ4n) is 1.96. The Morgan fingerprint density at radius 2 is 2.00 bits per heavy atom. The van der Waals surface area contributed by atoms with Gasteiger partial charge in [0.25, 0.3) is 11.5 Å². The number of carbonyl (C=O) groups excluding carboxylic acids is 1. The number of hydrogen-bond acceptors (Lipinski definition) is 2. The first-order valence-corrected chi connectivity index (χ1v) is 5.96. The molecule has 0 bridgehead atoms. The van der Waals surface area contributed by atoms with Crippen molar-refractivity contribution >= 4 is 16.7 Å². The van der Waals surface area contributed by atoms with Crippen LogP contribution in [0.15, 0.2) is 35.1 Å². The van der Waals surface area contributed by atoms with Crippen LogP contribution in [0.5, 0.6) is 0 Å². The van der Waals surface area contributed by atoms with Crippen LogP contribution in [0.4, 0.5) is 0 Å². The summed E-state index contributed by atoms with van der Waals surface area (Å²) in [6.07, 6.45) is 10.4. The number of pyridine rings is 1. The Hall–Kier alpha value is -2.98. The summed E-state index contributed by atoms with van der Waals surface area (Å²) in [5.41, 5.74) is -0.0752. The van der Waals surface area contributed by atoms with E-state index in [4.69, 9.17) is 12.8 Å². The molecule has 98 valence electrons. The third-order valence-electron chi connectivity index (χ3n) is 2.85. The van der Waals surface area contributed by atoms with Gasteiger partial charge in [-0.3, -0.25) is 14.2 Å². The smallest absolute Gasteiger partial charge is 0.268 e. The number of carbonyl (C=O) groups is 1. The minimum Gasteiger partial charge on any atom is -0.340 e. The van der Waals surface area contributed by atoms with Crippen molar-refractivity contribution in [2.24, 2.45) is 0 Å². The van der Waals surface area contributed by atoms with Gasteiger partial charge in [0.05, 0.1) is 13.1 Å². The van der Waals surface area contributed by atoms with E-state index in [2.05, 4.69) is 17.2 Å². The third-order valence-corrected chi connectivity index (χ3v) is 2.85. The molecular weight excluding hydrogens is 252 g/mol. The van der Waals surface area contributed by atoms with Crippen LogP contribution in [0, 0.1) is 24.7 Å². The van der Waals surface area contributed by atoms with Crippen LogP contribution < -0.4 is 10.9 Å². The van der Waals surface area contributed by atoms with Crippen LogP contribution in [0.2, 0.25) is 0 Å². The van der Waals surface area contributed by atoms with Crippen molar-refractivity contribution in [3.63, 3.8) is 0 Å². The first kappa shape index (κ1) is 13.5. The molecule has 1 aromatic heterocycles. The maximum atomic E-state index is 12.4. The Bertz CT molecular complexity index is 804. The first-order chi connectivity index (χ1) is 9.69. The normalized spacial score (nSPS) is 9.70. The van der Waals surface area contributed by atoms with Crippen molar-refractivity contribution in [2.75, 3.05) is 6.54 Å². The summed E-state index contributed by atoms with van der Waals surface area (Å²) in [4.78, 5) is 24.4. The van der Waals surface area contributed by atoms with Gasteiger partial charge in [-0.2, -0.15) is 0 Å². The van der Waals surface area contributed by atoms with E-state index in [1.807, 2.05) is 0 Å². The summed E-state index contributed by atoms with van der Waals surface area (Å²) >= 11 is 0. The topological polar surface area (TPSA) is 51.1 Å². The monoisotopic (exact) mass is 264 g/mol. The maximum Gasteiger partial charge on any atom is 0.268 e. The van der Waals surface area contributed by atoms with Gasteiger partial charge in [0, 0.05) is 5.39 Å². The van der Waals surface area contributed by atoms with Crippen LogP contribution in [-0.4, -0.2) is 17.0 Å². The average molecular weight is 264 g/mol. The molecule has 0 saturated heterocycles. The van der Waals surface area contributed by atoms with Gasteiger partial charge < -0.3 is 5.32 Å². The highest BCUT2D eigenvalue weighted by Gasteiger charge is 2.14. The molecule has 0 saturated carbocycles. The molecule has 0 unspecified atom stereocenters. The fourth-order valence-corrected chi connectivity index (χ4v) is 1.96. The number of amides is 1. The lowest BCUT2D eigenvalue weighted by atomic mass is 10.1. The van der Waals surface area contributed by atoms with E-state index in [-0.39, 0.29) is 24.3 Å². The number of nitrogens with zero attached hydrogens (tertiary/aromatic N) is 1. The van der Waals surface area contributed by atoms with Crippen LogP contribution >= 0.6 is 0 Å². The van der Waals surface area contributed by atoms with Crippen molar-refractivity contribution in [2.45, 2.75) is 6.54 Å². The summed E-state index contributed by atoms with van der Waals surface area (Å²) in [5, 5.41) is 3.75. The second-order valence-electron chi connectivity index (χ2n) is 4.10. The lowest BCUT2D eigenvalue weighted by molar-refractivity contribution is 0.0949. The van der Waals surface area contributed by atoms with E-state index in [9.17, 15) is 9.59 Å². The molecule has 1 aromatic carbocycles. The summed E-state index contributed by atoms with van der Waals surface area (Å²) in [7, 11) is 0. The second-order valence-corrected chi connectivity index (χ2v) is 4.10. The molecule has 0 spiro atoms. The number of rotatable bonds is 3. The molecule has 4 heteroatoms. The van der Waals surface area contributed by atoms with Crippen LogP contribution in [0.25, 0.3) is 10.8 Å². The number of fused-ring (bicyclic) bond motifs is 1. The van der Waals surface area contributed by atoms with Gasteiger partial charge in [0.15, 0.2) is 0 Å². The summed E-state index contributed by atoms with van der Waals surface area (Å²) in [6.45, 7) is 0.123. The zero-order valence-corrected chi connectivity index (χ0v) is 10.7. The van der Waals surface area contributed by atoms with Crippen molar-refractivity contribution in [3.8, 4) is 24.7 Å². The van der Waals surface area contributed by atoms with Crippen molar-refractivity contribution < 1.29 is 4.79 Å². The summed E-state index contributed by atoms with van der Waals surface area (Å²) in [5.74, 6) is 4.28. The van der Waals surface area contributed by atoms with Crippen molar-refractivity contribution in [1.82, 2.24) is 9.88 Å². The predicted octanol–water partition coefficient (Wildman–Crippen LogP) is 0.998. The molecule has 1 heterocycles. The molecule has 1 amide bonds. The predicted molar refractivity (Wildman–Crippen MR) is 78.2 cm³/mol. The van der Waals surface area contributed by atoms with Gasteiger partial charge >= 0.3 is 0 Å². The first-order valence-electron chi connectivity index (χ1n) is 5.96. The Labute approximate surface area is 116 Å². The largest absolute Gasteiger partial charge is 0.340 e. The van der Waals surface area contributed by atoms with Crippen molar-refractivity contribution in [3.05, 3.63) is 46.4 Å². The number of nitrogens with one attached hydrogen (secondary N) is 1. The van der Waals surface area contributed by atoms with Gasteiger partial charge in [-0.25, -0.2) is 0 Å². The molecule has 20 heavy (non-hydrogen) atoms. The maximum absolute atomic E-state index is 12.4. The van der Waals surface area contributed by atoms with Crippen molar-refractivity contribution in [1.29, 1.82) is 0 Å². The highest BCUT2D eigenvalue weighted by Crippen LogP contribution is 2.12. The third kappa shape index (κ3) is 2.41. The van der Waals surface area contributed by atoms with E-state index in [0.717, 1.165) is 0 Å². The number of benzene rings is 1. The molecular formula is C16H12N2O2. The number of aromatic nitrogens is 1. The average Bonchev–Trinajstić information content (AvgIpc) is 2.47. The molecule has 0 aliphatic heterocycles. The Kier molecular flexibility index (Phi) is 3.88. The SMILES string of the molecule is C#CCNC(=O)c1cc2ccccc2c(=O)n1CC#C. The molecule has 2 rings (SSSR count). The van der Waals surface area contributed by atoms with E-state index in [1.165, 1.54) is 4.57 Å². The van der Waals surface area contributed by atoms with E-state index in [1.54, 1.807) is 30.3 Å². The standard InChI is InChI=1S/C16H12N2O2/c1-3-9-17-15(19)14-11-12-7-5-6-8-13(12)16(20)18(14)10-4-2/h1-2,5-8,11H,9-10H2,(H,17,19). The van der Waals surface area contributed by atoms with Gasteiger partial charge in [-0.1, -0.05) is 30.0 Å². The van der Waals surface area contributed by atoms with E-state index >= 15 is 0 Å². The van der Waals surface area contributed by atoms with Gasteiger partial charge in [0.2, 0.25) is 0 Å². The molecule has 4 nitrogen and oxygen atoms in total. The zero-order valence-electron chi connectivity index (χ0n) is 10.7. The molecule has 0 aliphatic carbocycles. The van der Waals surface area contributed by atoms with E-state index in [0.29, 0.717) is 10.8 Å². The lowest BCUT2D eigenvalue weighted by Crippen LogP contribution is -2.32. The highest BCUT2D eigenvalue weighted by atomic mass is 16.2. The zero-order chi connectivity index (χ0) is 14.5. The second kappa shape index (κ2) is 5.77. The lowest BCUT2D eigenvalue weighted by Gasteiger charge is -2.11. The van der Waals surface area contributed by atoms with Gasteiger partial charge in [0.1, 0.15) is 5.69 Å². The summed E-state index contributed by atoms with van der Waals surface area (Å²) in [6, 6.07) is 8.68.